The lowest BCUT2D eigenvalue weighted by Crippen LogP contribution is -2.41. The molecule has 0 aromatic heterocycles. The van der Waals surface area contributed by atoms with Crippen LogP contribution in [0.4, 0.5) is 11.4 Å². The molecular formula is C64H60N2O12Si4. The first-order chi connectivity index (χ1) is 39.1. The van der Waals surface area contributed by atoms with E-state index in [0.717, 1.165) is 66.2 Å². The predicted octanol–water partition coefficient (Wildman–Crippen LogP) is 14.2. The lowest BCUT2D eigenvalue weighted by atomic mass is 10.1. The fourth-order valence-corrected chi connectivity index (χ4v) is 15.1. The second kappa shape index (κ2) is 23.1. The van der Waals surface area contributed by atoms with Crippen LogP contribution in [0.5, 0.6) is 46.0 Å². The van der Waals surface area contributed by atoms with E-state index in [2.05, 4.69) is 0 Å². The van der Waals surface area contributed by atoms with E-state index in [1.165, 1.54) is 24.3 Å². The van der Waals surface area contributed by atoms with E-state index in [0.29, 0.717) is 34.4 Å². The molecule has 0 saturated heterocycles. The van der Waals surface area contributed by atoms with Gasteiger partial charge in [-0.2, -0.15) is 0 Å². The second-order valence-corrected chi connectivity index (χ2v) is 34.1. The molecule has 10 rings (SSSR count). The van der Waals surface area contributed by atoms with Crippen LogP contribution in [-0.2, 0) is 19.2 Å². The second-order valence-electron chi connectivity index (χ2n) is 21.2. The largest absolute Gasteiger partial charge is 0.512 e. The van der Waals surface area contributed by atoms with Crippen molar-refractivity contribution < 1.29 is 54.6 Å². The third-order valence-corrected chi connectivity index (χ3v) is 18.7. The van der Waals surface area contributed by atoms with Gasteiger partial charge in [-0.15, -0.1) is 0 Å². The molecule has 0 spiro atoms. The van der Waals surface area contributed by atoms with Gasteiger partial charge in [-0.05, 0) is 155 Å². The number of hydrogen-bond donors (Lipinski definition) is 0. The Morgan fingerprint density at radius 1 is 0.220 bits per heavy atom. The van der Waals surface area contributed by atoms with Gasteiger partial charge in [0.25, 0.3) is 23.6 Å². The van der Waals surface area contributed by atoms with Crippen LogP contribution in [0.25, 0.3) is 33.4 Å². The Morgan fingerprint density at radius 3 is 0.500 bits per heavy atom. The minimum atomic E-state index is -2.67. The Balaban J connectivity index is 0.659. The molecule has 8 aromatic carbocycles. The summed E-state index contributed by atoms with van der Waals surface area (Å²) in [5, 5.41) is 0. The molecule has 14 nitrogen and oxygen atoms in total. The van der Waals surface area contributed by atoms with E-state index < -0.39 is 34.2 Å². The van der Waals surface area contributed by atoms with Crippen LogP contribution in [0.1, 0.15) is 0 Å². The van der Waals surface area contributed by atoms with Gasteiger partial charge in [0, 0.05) is 76.7 Å². The summed E-state index contributed by atoms with van der Waals surface area (Å²) in [5.74, 6) is 3.99. The Morgan fingerprint density at radius 2 is 0.354 bits per heavy atom. The molecule has 2 aliphatic rings. The molecule has 0 N–H and O–H groups in total. The molecule has 414 valence electrons. The molecule has 0 aliphatic carbocycles. The van der Waals surface area contributed by atoms with E-state index in [4.69, 9.17) is 35.4 Å². The number of benzene rings is 8. The maximum absolute atomic E-state index is 12.1. The number of carbonyl (C=O) groups excluding carboxylic acids is 4. The Kier molecular flexibility index (Phi) is 15.8. The molecule has 82 heavy (non-hydrogen) atoms. The lowest BCUT2D eigenvalue weighted by Gasteiger charge is -2.25. The van der Waals surface area contributed by atoms with Crippen molar-refractivity contribution in [2.24, 2.45) is 0 Å². The number of imide groups is 2. The van der Waals surface area contributed by atoms with E-state index in [1.54, 1.807) is 48.5 Å². The zero-order valence-electron chi connectivity index (χ0n) is 46.6. The number of anilines is 2. The van der Waals surface area contributed by atoms with Gasteiger partial charge in [0.1, 0.15) is 46.0 Å². The van der Waals surface area contributed by atoms with Crippen molar-refractivity contribution in [3.8, 4) is 79.4 Å². The first kappa shape index (κ1) is 56.1. The normalized spacial score (nSPS) is 13.6. The summed E-state index contributed by atoms with van der Waals surface area (Å²) in [6.07, 6.45) is 5.03. The van der Waals surface area contributed by atoms with Crippen LogP contribution in [-0.4, -0.2) is 57.9 Å². The summed E-state index contributed by atoms with van der Waals surface area (Å²) < 4.78 is 50.9. The highest BCUT2D eigenvalue weighted by atomic mass is 28.4. The fourth-order valence-electron chi connectivity index (χ4n) is 9.28. The highest BCUT2D eigenvalue weighted by Gasteiger charge is 2.34. The molecule has 0 fully saturated rings. The summed E-state index contributed by atoms with van der Waals surface area (Å²) in [4.78, 5) is 50.4. The van der Waals surface area contributed by atoms with Crippen LogP contribution < -0.4 is 45.2 Å². The van der Waals surface area contributed by atoms with Gasteiger partial charge in [-0.25, -0.2) is 9.80 Å². The smallest absolute Gasteiger partial charge is 0.454 e. The predicted molar refractivity (Wildman–Crippen MR) is 327 cm³/mol. The molecular weight excluding hydrogens is 1100 g/mol. The first-order valence-corrected chi connectivity index (χ1v) is 37.8. The van der Waals surface area contributed by atoms with Gasteiger partial charge < -0.3 is 35.4 Å². The van der Waals surface area contributed by atoms with Crippen molar-refractivity contribution in [1.29, 1.82) is 0 Å². The van der Waals surface area contributed by atoms with Gasteiger partial charge >= 0.3 is 34.2 Å². The van der Waals surface area contributed by atoms with Crippen LogP contribution in [0.15, 0.2) is 218 Å². The summed E-state index contributed by atoms with van der Waals surface area (Å²) in [5.41, 5.74) is 7.13. The van der Waals surface area contributed by atoms with Crippen molar-refractivity contribution >= 4 is 69.2 Å². The Hall–Kier alpha value is -9.21. The van der Waals surface area contributed by atoms with Gasteiger partial charge in [-0.1, -0.05) is 72.8 Å². The van der Waals surface area contributed by atoms with Crippen LogP contribution in [0.2, 0.25) is 52.4 Å². The first-order valence-electron chi connectivity index (χ1n) is 26.6. The highest BCUT2D eigenvalue weighted by molar-refractivity contribution is 6.67. The molecule has 0 saturated carbocycles. The number of carbonyl (C=O) groups is 4. The SMILES string of the molecule is C[Si](C)(Oc1ccc(-c2ccc(O[Si](C)(C)Oc3ccc(-c4ccc(O[Si](C)(C)Oc5ccc(N6C(=O)C=CC6=O)cc5)cc4)cc3)cc2)cc1)Oc1ccc(-c2ccc(O[Si](C)(C)Oc3ccc(N4C(=O)C=CC4=O)cc3)cc2)cc1. The maximum Gasteiger partial charge on any atom is 0.454 e. The van der Waals surface area contributed by atoms with Gasteiger partial charge in [-0.3, -0.25) is 19.2 Å². The molecule has 2 heterocycles. The molecule has 4 amide bonds. The van der Waals surface area contributed by atoms with Gasteiger partial charge in [0.2, 0.25) is 0 Å². The fraction of sp³-hybridized carbons (Fsp3) is 0.125. The molecule has 0 atom stereocenters. The maximum atomic E-state index is 12.1. The zero-order valence-corrected chi connectivity index (χ0v) is 50.6. The number of nitrogens with zero attached hydrogens (tertiary/aromatic N) is 2. The van der Waals surface area contributed by atoms with Crippen LogP contribution in [0.3, 0.4) is 0 Å². The van der Waals surface area contributed by atoms with Crippen molar-refractivity contribution in [1.82, 2.24) is 0 Å². The Labute approximate surface area is 481 Å². The minimum Gasteiger partial charge on any atom is -0.512 e. The van der Waals surface area contributed by atoms with E-state index in [1.807, 2.05) is 198 Å². The third-order valence-electron chi connectivity index (χ3n) is 12.8. The van der Waals surface area contributed by atoms with Gasteiger partial charge in [0.05, 0.1) is 11.4 Å². The van der Waals surface area contributed by atoms with Crippen molar-refractivity contribution in [3.63, 3.8) is 0 Å². The van der Waals surface area contributed by atoms with Crippen LogP contribution in [0, 0.1) is 0 Å². The average Bonchev–Trinajstić information content (AvgIpc) is 3.98. The molecule has 8 aromatic rings. The zero-order chi connectivity index (χ0) is 57.8. The molecule has 2 aliphatic heterocycles. The summed E-state index contributed by atoms with van der Waals surface area (Å²) in [6.45, 7) is 15.9. The Bertz CT molecular complexity index is 3400. The number of amides is 4. The van der Waals surface area contributed by atoms with E-state index in [-0.39, 0.29) is 23.6 Å². The summed E-state index contributed by atoms with van der Waals surface area (Å²) in [7, 11) is -10.7. The minimum absolute atomic E-state index is 0.368. The monoisotopic (exact) mass is 1160 g/mol. The van der Waals surface area contributed by atoms with Crippen LogP contribution >= 0.6 is 0 Å². The van der Waals surface area contributed by atoms with Gasteiger partial charge in [0.15, 0.2) is 0 Å². The van der Waals surface area contributed by atoms with Crippen molar-refractivity contribution in [3.05, 3.63) is 218 Å². The van der Waals surface area contributed by atoms with E-state index in [9.17, 15) is 19.2 Å². The van der Waals surface area contributed by atoms with Crippen molar-refractivity contribution in [2.75, 3.05) is 9.80 Å². The molecule has 18 heteroatoms. The molecule has 0 unspecified atom stereocenters. The lowest BCUT2D eigenvalue weighted by molar-refractivity contribution is -0.121. The summed E-state index contributed by atoms with van der Waals surface area (Å²) in [6, 6.07) is 61.4. The average molecular weight is 1160 g/mol. The topological polar surface area (TPSA) is 149 Å². The number of hydrogen-bond acceptors (Lipinski definition) is 12. The number of rotatable bonds is 21. The molecule has 0 bridgehead atoms. The third kappa shape index (κ3) is 14.0. The summed E-state index contributed by atoms with van der Waals surface area (Å²) >= 11 is 0. The van der Waals surface area contributed by atoms with E-state index >= 15 is 0 Å². The highest BCUT2D eigenvalue weighted by Crippen LogP contribution is 2.33. The van der Waals surface area contributed by atoms with Crippen molar-refractivity contribution in [2.45, 2.75) is 52.4 Å². The standard InChI is InChI=1S/C64H60N2O12Si4/c1-79(2,73-55-29-13-47(14-30-55)49-17-33-57(34-18-49)75-81(5,6)77-59-37-21-51(22-38-59)65-61(67)41-42-62(65)68)71-53-25-9-45(10-26-53)46-11-27-54(28-12-46)72-80(3,4)74-56-31-15-48(16-32-56)50-19-35-58(36-20-50)76-82(7,8)78-60-39-23-52(24-40-60)66-63(69)43-44-64(66)70/h9-44H,1-8H3. The molecule has 0 radical (unpaired) electrons. The quantitative estimate of drug-likeness (QED) is 0.0498.